The molecule has 6 heteroatoms. The van der Waals surface area contributed by atoms with Crippen LogP contribution in [-0.4, -0.2) is 36.1 Å². The van der Waals surface area contributed by atoms with Gasteiger partial charge in [-0.1, -0.05) is 48.0 Å². The fraction of sp³-hybridized carbons (Fsp3) is 0.211. The summed E-state index contributed by atoms with van der Waals surface area (Å²) < 4.78 is 0. The number of benzene rings is 2. The van der Waals surface area contributed by atoms with Crippen LogP contribution in [0.25, 0.3) is 11.1 Å². The molecule has 1 aliphatic rings. The van der Waals surface area contributed by atoms with Gasteiger partial charge in [-0.25, -0.2) is 0 Å². The van der Waals surface area contributed by atoms with Crippen LogP contribution in [0.3, 0.4) is 0 Å². The van der Waals surface area contributed by atoms with Gasteiger partial charge in [-0.2, -0.15) is 0 Å². The first kappa shape index (κ1) is 17.2. The van der Waals surface area contributed by atoms with Crippen molar-refractivity contribution in [1.82, 2.24) is 10.2 Å². The zero-order valence-corrected chi connectivity index (χ0v) is 14.4. The minimum Gasteiger partial charge on any atom is -0.351 e. The van der Waals surface area contributed by atoms with Gasteiger partial charge in [-0.15, -0.1) is 0 Å². The molecule has 5 nitrogen and oxygen atoms in total. The Labute approximate surface area is 150 Å². The van der Waals surface area contributed by atoms with Crippen molar-refractivity contribution >= 4 is 29.2 Å². The third-order valence-electron chi connectivity index (χ3n) is 4.23. The van der Waals surface area contributed by atoms with Crippen LogP contribution in [0.4, 0.5) is 0 Å². The predicted molar refractivity (Wildman–Crippen MR) is 94.9 cm³/mol. The number of nitrogens with zero attached hydrogens (tertiary/aromatic N) is 1. The summed E-state index contributed by atoms with van der Waals surface area (Å²) in [6.07, 6.45) is 0. The number of hydrogen-bond acceptors (Lipinski definition) is 3. The normalized spacial score (nSPS) is 17.0. The zero-order valence-electron chi connectivity index (χ0n) is 13.7. The Balaban J connectivity index is 1.69. The highest BCUT2D eigenvalue weighted by Gasteiger charge is 2.41. The molecule has 2 aromatic carbocycles. The molecule has 3 rings (SSSR count). The molecule has 2 aromatic rings. The van der Waals surface area contributed by atoms with Crippen molar-refractivity contribution in [2.24, 2.45) is 5.92 Å². The summed E-state index contributed by atoms with van der Waals surface area (Å²) >= 11 is 6.22. The number of ketones is 1. The maximum atomic E-state index is 12.2. The highest BCUT2D eigenvalue weighted by Crippen LogP contribution is 2.28. The lowest BCUT2D eigenvalue weighted by Gasteiger charge is -2.11. The van der Waals surface area contributed by atoms with Crippen LogP contribution in [0.2, 0.25) is 5.02 Å². The molecule has 1 heterocycles. The molecule has 1 saturated heterocycles. The number of rotatable bonds is 4. The maximum Gasteiger partial charge on any atom is 0.290 e. The molecule has 1 fully saturated rings. The van der Waals surface area contributed by atoms with Gasteiger partial charge in [0.05, 0.1) is 0 Å². The number of carbonyl (C=O) groups is 3. The maximum absolute atomic E-state index is 12.2. The van der Waals surface area contributed by atoms with Crippen LogP contribution in [0, 0.1) is 5.92 Å². The van der Waals surface area contributed by atoms with Crippen molar-refractivity contribution in [2.45, 2.75) is 6.54 Å². The first-order valence-electron chi connectivity index (χ1n) is 7.88. The minimum atomic E-state index is -0.927. The molecule has 0 saturated carbocycles. The molecular formula is C19H17ClN2O3. The summed E-state index contributed by atoms with van der Waals surface area (Å²) in [5.41, 5.74) is 2.75. The number of nitrogens with one attached hydrogen (secondary N) is 1. The Morgan fingerprint density at radius 1 is 1.20 bits per heavy atom. The molecule has 1 aliphatic heterocycles. The van der Waals surface area contributed by atoms with Crippen LogP contribution in [-0.2, 0) is 20.9 Å². The van der Waals surface area contributed by atoms with Crippen molar-refractivity contribution in [3.63, 3.8) is 0 Å². The van der Waals surface area contributed by atoms with Gasteiger partial charge in [0.15, 0.2) is 0 Å². The molecule has 1 atom stereocenters. The highest BCUT2D eigenvalue weighted by molar-refractivity contribution is 6.42. The number of likely N-dealkylation sites (tertiary alicyclic amines) is 1. The largest absolute Gasteiger partial charge is 0.351 e. The number of halogens is 1. The van der Waals surface area contributed by atoms with Gasteiger partial charge in [0.2, 0.25) is 11.7 Å². The van der Waals surface area contributed by atoms with Crippen LogP contribution in [0.5, 0.6) is 0 Å². The van der Waals surface area contributed by atoms with E-state index < -0.39 is 23.5 Å². The fourth-order valence-corrected chi connectivity index (χ4v) is 3.08. The van der Waals surface area contributed by atoms with Crippen LogP contribution < -0.4 is 5.32 Å². The molecule has 128 valence electrons. The molecule has 1 unspecified atom stereocenters. The Bertz CT molecular complexity index is 850. The van der Waals surface area contributed by atoms with Crippen molar-refractivity contribution in [3.05, 3.63) is 59.1 Å². The second kappa shape index (κ2) is 7.07. The first-order chi connectivity index (χ1) is 12.0. The third-order valence-corrected chi connectivity index (χ3v) is 4.56. The van der Waals surface area contributed by atoms with Gasteiger partial charge in [-0.3, -0.25) is 14.4 Å². The van der Waals surface area contributed by atoms with E-state index >= 15 is 0 Å². The second-order valence-corrected chi connectivity index (χ2v) is 6.41. The average Bonchev–Trinajstić information content (AvgIpc) is 2.88. The van der Waals surface area contributed by atoms with E-state index in [4.69, 9.17) is 11.6 Å². The van der Waals surface area contributed by atoms with Crippen molar-refractivity contribution in [1.29, 1.82) is 0 Å². The number of amides is 2. The summed E-state index contributed by atoms with van der Waals surface area (Å²) in [7, 11) is 1.51. The van der Waals surface area contributed by atoms with Gasteiger partial charge < -0.3 is 10.2 Å². The molecule has 0 bridgehead atoms. The molecule has 2 amide bonds. The lowest BCUT2D eigenvalue weighted by Crippen LogP contribution is -2.35. The number of hydrogen-bond donors (Lipinski definition) is 1. The molecule has 0 aromatic heterocycles. The summed E-state index contributed by atoms with van der Waals surface area (Å²) in [5.74, 6) is -2.61. The van der Waals surface area contributed by atoms with E-state index in [2.05, 4.69) is 5.32 Å². The zero-order chi connectivity index (χ0) is 18.0. The minimum absolute atomic E-state index is 0.128. The summed E-state index contributed by atoms with van der Waals surface area (Å²) in [4.78, 5) is 36.8. The van der Waals surface area contributed by atoms with E-state index in [1.54, 1.807) is 0 Å². The summed E-state index contributed by atoms with van der Waals surface area (Å²) in [5, 5.41) is 3.39. The summed E-state index contributed by atoms with van der Waals surface area (Å²) in [6, 6.07) is 15.2. The van der Waals surface area contributed by atoms with E-state index in [0.29, 0.717) is 5.02 Å². The van der Waals surface area contributed by atoms with Crippen molar-refractivity contribution < 1.29 is 14.4 Å². The van der Waals surface area contributed by atoms with E-state index in [1.165, 1.54) is 11.9 Å². The van der Waals surface area contributed by atoms with Gasteiger partial charge in [0, 0.05) is 30.7 Å². The van der Waals surface area contributed by atoms with E-state index in [-0.39, 0.29) is 13.1 Å². The number of Topliss-reactive ketones (excluding diaryl/α,β-unsaturated/α-hetero) is 1. The Morgan fingerprint density at radius 2 is 1.96 bits per heavy atom. The highest BCUT2D eigenvalue weighted by atomic mass is 35.5. The first-order valence-corrected chi connectivity index (χ1v) is 8.26. The van der Waals surface area contributed by atoms with Crippen LogP contribution >= 0.6 is 11.6 Å². The van der Waals surface area contributed by atoms with Gasteiger partial charge in [0.1, 0.15) is 5.92 Å². The van der Waals surface area contributed by atoms with Gasteiger partial charge >= 0.3 is 0 Å². The van der Waals surface area contributed by atoms with E-state index in [9.17, 15) is 14.4 Å². The Kier molecular flexibility index (Phi) is 4.86. The topological polar surface area (TPSA) is 66.5 Å². The molecule has 0 spiro atoms. The predicted octanol–water partition coefficient (Wildman–Crippen LogP) is 2.28. The lowest BCUT2D eigenvalue weighted by atomic mass is 10.0. The fourth-order valence-electron chi connectivity index (χ4n) is 2.84. The quantitative estimate of drug-likeness (QED) is 0.675. The van der Waals surface area contributed by atoms with Crippen LogP contribution in [0.1, 0.15) is 5.56 Å². The number of carbonyl (C=O) groups excluding carboxylic acids is 3. The molecule has 1 N–H and O–H groups in total. The Hall–Kier alpha value is -2.66. The lowest BCUT2D eigenvalue weighted by molar-refractivity contribution is -0.142. The van der Waals surface area contributed by atoms with Crippen molar-refractivity contribution in [3.8, 4) is 11.1 Å². The van der Waals surface area contributed by atoms with E-state index in [1.807, 2.05) is 48.5 Å². The third kappa shape index (κ3) is 3.56. The van der Waals surface area contributed by atoms with Gasteiger partial charge in [-0.05, 0) is 23.3 Å². The van der Waals surface area contributed by atoms with E-state index in [0.717, 1.165) is 16.7 Å². The molecule has 25 heavy (non-hydrogen) atoms. The molecule has 0 radical (unpaired) electrons. The number of likely N-dealkylation sites (N-methyl/N-ethyl adjacent to an activating group) is 1. The van der Waals surface area contributed by atoms with Crippen molar-refractivity contribution in [2.75, 3.05) is 13.6 Å². The second-order valence-electron chi connectivity index (χ2n) is 6.00. The van der Waals surface area contributed by atoms with Gasteiger partial charge in [0.25, 0.3) is 5.91 Å². The Morgan fingerprint density at radius 3 is 2.64 bits per heavy atom. The smallest absolute Gasteiger partial charge is 0.290 e. The monoisotopic (exact) mass is 356 g/mol. The average molecular weight is 357 g/mol. The summed E-state index contributed by atoms with van der Waals surface area (Å²) in [6.45, 7) is 0.405. The molecular weight excluding hydrogens is 340 g/mol. The van der Waals surface area contributed by atoms with Crippen LogP contribution in [0.15, 0.2) is 48.5 Å². The SMILES string of the molecule is CN1CC(C(=O)NCc2cccc(-c3ccccc3Cl)c2)C(=O)C1=O. The molecule has 0 aliphatic carbocycles. The standard InChI is InChI=1S/C19H17ClN2O3/c1-22-11-15(17(23)19(22)25)18(24)21-10-12-5-4-6-13(9-12)14-7-2-3-8-16(14)20/h2-9,15H,10-11H2,1H3,(H,21,24).